The molecule has 0 bridgehead atoms. The molecule has 2 nitrogen and oxygen atoms in total. The lowest BCUT2D eigenvalue weighted by atomic mass is 10.1. The molecule has 0 unspecified atom stereocenters. The van der Waals surface area contributed by atoms with Crippen molar-refractivity contribution in [2.45, 2.75) is 6.42 Å². The minimum atomic E-state index is -0.189. The van der Waals surface area contributed by atoms with E-state index >= 15 is 0 Å². The van der Waals surface area contributed by atoms with Gasteiger partial charge in [0.25, 0.3) is 0 Å². The van der Waals surface area contributed by atoms with Gasteiger partial charge in [-0.15, -0.1) is 0 Å². The second-order valence-corrected chi connectivity index (χ2v) is 4.69. The highest BCUT2D eigenvalue weighted by Crippen LogP contribution is 2.20. The van der Waals surface area contributed by atoms with E-state index < -0.39 is 0 Å². The topological polar surface area (TPSA) is 24.9 Å². The zero-order valence-corrected chi connectivity index (χ0v) is 11.0. The molecule has 20 heavy (non-hydrogen) atoms. The average Bonchev–Trinajstić information content (AvgIpc) is 2.48. The maximum atomic E-state index is 13.1. The van der Waals surface area contributed by atoms with Crippen LogP contribution < -0.4 is 5.32 Å². The third-order valence-electron chi connectivity index (χ3n) is 3.27. The summed E-state index contributed by atoms with van der Waals surface area (Å²) in [7, 11) is 0. The van der Waals surface area contributed by atoms with Crippen LogP contribution in [0.2, 0.25) is 0 Å². The monoisotopic (exact) mass is 266 g/mol. The van der Waals surface area contributed by atoms with E-state index in [1.807, 2.05) is 30.3 Å². The van der Waals surface area contributed by atoms with Crippen molar-refractivity contribution in [3.8, 4) is 0 Å². The van der Waals surface area contributed by atoms with E-state index in [2.05, 4.69) is 16.4 Å². The first-order chi connectivity index (χ1) is 9.83. The fourth-order valence-electron chi connectivity index (χ4n) is 2.28. The highest BCUT2D eigenvalue weighted by Gasteiger charge is 2.01. The van der Waals surface area contributed by atoms with Gasteiger partial charge >= 0.3 is 0 Å². The highest BCUT2D eigenvalue weighted by molar-refractivity contribution is 5.91. The zero-order valence-electron chi connectivity index (χ0n) is 11.0. The molecule has 3 heteroatoms. The van der Waals surface area contributed by atoms with Gasteiger partial charge in [-0.2, -0.15) is 0 Å². The van der Waals surface area contributed by atoms with Gasteiger partial charge in [-0.05, 0) is 35.6 Å². The van der Waals surface area contributed by atoms with Crippen LogP contribution in [-0.4, -0.2) is 11.5 Å². The molecule has 0 aliphatic rings. The quantitative estimate of drug-likeness (QED) is 0.771. The second kappa shape index (κ2) is 5.70. The third-order valence-corrected chi connectivity index (χ3v) is 3.27. The fourth-order valence-corrected chi connectivity index (χ4v) is 2.28. The number of hydrogen-bond acceptors (Lipinski definition) is 2. The smallest absolute Gasteiger partial charge is 0.133 e. The Hall–Kier alpha value is -2.42. The number of nitrogens with one attached hydrogen (secondary N) is 1. The Kier molecular flexibility index (Phi) is 3.59. The summed E-state index contributed by atoms with van der Waals surface area (Å²) < 4.78 is 13.1. The van der Waals surface area contributed by atoms with Crippen molar-refractivity contribution in [2.75, 3.05) is 11.9 Å². The minimum Gasteiger partial charge on any atom is -0.369 e. The minimum absolute atomic E-state index is 0.189. The van der Waals surface area contributed by atoms with E-state index in [9.17, 15) is 4.39 Å². The predicted molar refractivity (Wildman–Crippen MR) is 80.3 cm³/mol. The maximum absolute atomic E-state index is 13.1. The summed E-state index contributed by atoms with van der Waals surface area (Å²) in [4.78, 5) is 4.37. The molecule has 0 fully saturated rings. The molecule has 100 valence electrons. The van der Waals surface area contributed by atoms with Gasteiger partial charge in [-0.1, -0.05) is 36.4 Å². The third kappa shape index (κ3) is 2.77. The normalized spacial score (nSPS) is 10.7. The standard InChI is InChI=1S/C17H15FN2/c18-15-6-3-4-13(12-15)8-10-19-17-16-7-2-1-5-14(16)9-11-20-17/h1-7,9,11-12H,8,10H2,(H,19,20). The number of nitrogens with zero attached hydrogens (tertiary/aromatic N) is 1. The Labute approximate surface area is 117 Å². The number of fused-ring (bicyclic) bond motifs is 1. The summed E-state index contributed by atoms with van der Waals surface area (Å²) >= 11 is 0. The Morgan fingerprint density at radius 1 is 1.00 bits per heavy atom. The van der Waals surface area contributed by atoms with Gasteiger partial charge in [0.15, 0.2) is 0 Å². The molecule has 3 aromatic rings. The van der Waals surface area contributed by atoms with Crippen molar-refractivity contribution < 1.29 is 4.39 Å². The van der Waals surface area contributed by atoms with Gasteiger partial charge in [0.2, 0.25) is 0 Å². The van der Waals surface area contributed by atoms with Crippen LogP contribution in [-0.2, 0) is 6.42 Å². The van der Waals surface area contributed by atoms with Crippen LogP contribution >= 0.6 is 0 Å². The first-order valence-electron chi connectivity index (χ1n) is 6.65. The number of halogens is 1. The molecule has 1 heterocycles. The molecular formula is C17H15FN2. The summed E-state index contributed by atoms with van der Waals surface area (Å²) in [6, 6.07) is 16.8. The molecule has 1 aromatic heterocycles. The van der Waals surface area contributed by atoms with Crippen LogP contribution in [0.1, 0.15) is 5.56 Å². The van der Waals surface area contributed by atoms with E-state index in [0.717, 1.165) is 35.1 Å². The summed E-state index contributed by atoms with van der Waals surface area (Å²) in [6.45, 7) is 0.727. The molecule has 0 atom stereocenters. The summed E-state index contributed by atoms with van der Waals surface area (Å²) in [6.07, 6.45) is 2.56. The van der Waals surface area contributed by atoms with Crippen molar-refractivity contribution in [2.24, 2.45) is 0 Å². The van der Waals surface area contributed by atoms with Crippen molar-refractivity contribution in [3.05, 3.63) is 72.2 Å². The number of anilines is 1. The Balaban J connectivity index is 1.71. The molecule has 3 rings (SSSR count). The molecule has 1 N–H and O–H groups in total. The van der Waals surface area contributed by atoms with E-state index in [1.165, 1.54) is 6.07 Å². The fraction of sp³-hybridized carbons (Fsp3) is 0.118. The number of rotatable bonds is 4. The maximum Gasteiger partial charge on any atom is 0.133 e. The molecule has 0 saturated carbocycles. The molecule has 0 aliphatic carbocycles. The molecule has 0 amide bonds. The molecule has 0 radical (unpaired) electrons. The Morgan fingerprint density at radius 3 is 2.80 bits per heavy atom. The van der Waals surface area contributed by atoms with E-state index in [1.54, 1.807) is 18.3 Å². The number of hydrogen-bond donors (Lipinski definition) is 1. The van der Waals surface area contributed by atoms with Crippen molar-refractivity contribution in [1.29, 1.82) is 0 Å². The first-order valence-corrected chi connectivity index (χ1v) is 6.65. The largest absolute Gasteiger partial charge is 0.369 e. The summed E-state index contributed by atoms with van der Waals surface area (Å²) in [5, 5.41) is 5.59. The van der Waals surface area contributed by atoms with Gasteiger partial charge in [0.05, 0.1) is 0 Å². The van der Waals surface area contributed by atoms with Crippen LogP contribution in [0.25, 0.3) is 10.8 Å². The Morgan fingerprint density at radius 2 is 1.90 bits per heavy atom. The molecular weight excluding hydrogens is 251 g/mol. The SMILES string of the molecule is Fc1cccc(CCNc2nccc3ccccc23)c1. The molecule has 2 aromatic carbocycles. The van der Waals surface area contributed by atoms with Crippen LogP contribution in [0.5, 0.6) is 0 Å². The van der Waals surface area contributed by atoms with Crippen molar-refractivity contribution in [1.82, 2.24) is 4.98 Å². The lowest BCUT2D eigenvalue weighted by Gasteiger charge is -2.08. The highest BCUT2D eigenvalue weighted by atomic mass is 19.1. The first kappa shape index (κ1) is 12.6. The van der Waals surface area contributed by atoms with E-state index in [0.29, 0.717) is 0 Å². The van der Waals surface area contributed by atoms with Gasteiger partial charge in [0.1, 0.15) is 11.6 Å². The number of pyridine rings is 1. The lowest BCUT2D eigenvalue weighted by molar-refractivity contribution is 0.625. The van der Waals surface area contributed by atoms with Gasteiger partial charge < -0.3 is 5.32 Å². The van der Waals surface area contributed by atoms with Crippen LogP contribution in [0, 0.1) is 5.82 Å². The molecule has 0 aliphatic heterocycles. The van der Waals surface area contributed by atoms with Gasteiger partial charge in [-0.3, -0.25) is 0 Å². The number of benzene rings is 2. The molecule has 0 saturated heterocycles. The number of aromatic nitrogens is 1. The molecule has 0 spiro atoms. The summed E-state index contributed by atoms with van der Waals surface area (Å²) in [5.74, 6) is 0.685. The second-order valence-electron chi connectivity index (χ2n) is 4.69. The predicted octanol–water partition coefficient (Wildman–Crippen LogP) is 4.03. The zero-order chi connectivity index (χ0) is 13.8. The van der Waals surface area contributed by atoms with E-state index in [-0.39, 0.29) is 5.82 Å². The van der Waals surface area contributed by atoms with Crippen molar-refractivity contribution in [3.63, 3.8) is 0 Å². The van der Waals surface area contributed by atoms with Crippen LogP contribution in [0.15, 0.2) is 60.8 Å². The van der Waals surface area contributed by atoms with Crippen LogP contribution in [0.4, 0.5) is 10.2 Å². The van der Waals surface area contributed by atoms with Gasteiger partial charge in [-0.25, -0.2) is 9.37 Å². The van der Waals surface area contributed by atoms with E-state index in [4.69, 9.17) is 0 Å². The lowest BCUT2D eigenvalue weighted by Crippen LogP contribution is -2.06. The average molecular weight is 266 g/mol. The van der Waals surface area contributed by atoms with Gasteiger partial charge in [0, 0.05) is 18.1 Å². The Bertz CT molecular complexity index is 720. The van der Waals surface area contributed by atoms with Crippen LogP contribution in [0.3, 0.4) is 0 Å². The summed E-state index contributed by atoms with van der Waals surface area (Å²) in [5.41, 5.74) is 0.984. The van der Waals surface area contributed by atoms with Crippen molar-refractivity contribution >= 4 is 16.6 Å².